The summed E-state index contributed by atoms with van der Waals surface area (Å²) in [6.07, 6.45) is -4.71. The highest BCUT2D eigenvalue weighted by atomic mass is 79.9. The number of rotatable bonds is 3. The average Bonchev–Trinajstić information content (AvgIpc) is 2.40. The van der Waals surface area contributed by atoms with E-state index < -0.39 is 17.8 Å². The normalized spacial score (nSPS) is 11.5. The predicted octanol–water partition coefficient (Wildman–Crippen LogP) is 4.50. The zero-order chi connectivity index (χ0) is 15.6. The molecular weight excluding hydrogens is 354 g/mol. The van der Waals surface area contributed by atoms with Crippen molar-refractivity contribution < 1.29 is 17.6 Å². The molecule has 0 spiro atoms. The van der Waals surface area contributed by atoms with Crippen LogP contribution < -0.4 is 5.32 Å². The first-order valence-corrected chi connectivity index (χ1v) is 6.76. The predicted molar refractivity (Wildman–Crippen MR) is 74.3 cm³/mol. The van der Waals surface area contributed by atoms with E-state index >= 15 is 0 Å². The molecule has 0 saturated heterocycles. The molecule has 0 aliphatic heterocycles. The van der Waals surface area contributed by atoms with Gasteiger partial charge in [0.15, 0.2) is 0 Å². The van der Waals surface area contributed by atoms with Gasteiger partial charge < -0.3 is 5.32 Å². The molecule has 1 N–H and O–H groups in total. The molecule has 0 fully saturated rings. The first-order valence-electron chi connectivity index (χ1n) is 5.97. The zero-order valence-corrected chi connectivity index (χ0v) is 12.4. The van der Waals surface area contributed by atoms with Crippen molar-refractivity contribution in [1.82, 2.24) is 9.97 Å². The summed E-state index contributed by atoms with van der Waals surface area (Å²) >= 11 is 3.15. The zero-order valence-electron chi connectivity index (χ0n) is 10.8. The minimum Gasteiger partial charge on any atom is -0.370 e. The lowest BCUT2D eigenvalue weighted by atomic mass is 10.1. The monoisotopic (exact) mass is 363 g/mol. The summed E-state index contributed by atoms with van der Waals surface area (Å²) < 4.78 is 52.8. The molecule has 0 unspecified atom stereocenters. The van der Waals surface area contributed by atoms with Crippen LogP contribution >= 0.6 is 15.9 Å². The second-order valence-corrected chi connectivity index (χ2v) is 5.03. The Balaban J connectivity index is 2.62. The molecule has 112 valence electrons. The number of hydrogen-bond acceptors (Lipinski definition) is 3. The number of alkyl halides is 3. The summed E-state index contributed by atoms with van der Waals surface area (Å²) in [6.45, 7) is 2.10. The van der Waals surface area contributed by atoms with Gasteiger partial charge in [0.2, 0.25) is 5.82 Å². The van der Waals surface area contributed by atoms with Gasteiger partial charge >= 0.3 is 6.18 Å². The van der Waals surface area contributed by atoms with E-state index in [1.807, 2.05) is 0 Å². The van der Waals surface area contributed by atoms with Gasteiger partial charge in [0, 0.05) is 22.6 Å². The van der Waals surface area contributed by atoms with Gasteiger partial charge in [-0.05, 0) is 25.1 Å². The first-order chi connectivity index (χ1) is 9.81. The maximum absolute atomic E-state index is 13.8. The van der Waals surface area contributed by atoms with Gasteiger partial charge in [-0.15, -0.1) is 0 Å². The van der Waals surface area contributed by atoms with Crippen LogP contribution in [0.15, 0.2) is 28.7 Å². The molecule has 8 heteroatoms. The van der Waals surface area contributed by atoms with Gasteiger partial charge in [-0.3, -0.25) is 0 Å². The molecule has 1 heterocycles. The van der Waals surface area contributed by atoms with Crippen molar-refractivity contribution >= 4 is 21.7 Å². The molecule has 0 radical (unpaired) electrons. The van der Waals surface area contributed by atoms with Crippen LogP contribution in [0.1, 0.15) is 12.7 Å². The van der Waals surface area contributed by atoms with E-state index in [0.29, 0.717) is 11.0 Å². The van der Waals surface area contributed by atoms with Crippen molar-refractivity contribution in [2.75, 3.05) is 11.9 Å². The lowest BCUT2D eigenvalue weighted by Crippen LogP contribution is -2.14. The van der Waals surface area contributed by atoms with Crippen molar-refractivity contribution in [3.05, 3.63) is 40.4 Å². The second-order valence-electron chi connectivity index (χ2n) is 4.11. The molecule has 2 rings (SSSR count). The minimum atomic E-state index is -4.71. The second kappa shape index (κ2) is 5.97. The third-order valence-electron chi connectivity index (χ3n) is 2.54. The number of nitrogens with zero attached hydrogens (tertiary/aromatic N) is 2. The molecule has 21 heavy (non-hydrogen) atoms. The summed E-state index contributed by atoms with van der Waals surface area (Å²) in [4.78, 5) is 6.81. The highest BCUT2D eigenvalue weighted by Crippen LogP contribution is 2.31. The molecule has 0 aliphatic rings. The van der Waals surface area contributed by atoms with E-state index in [1.165, 1.54) is 18.2 Å². The largest absolute Gasteiger partial charge is 0.451 e. The van der Waals surface area contributed by atoms with E-state index in [1.54, 1.807) is 6.92 Å². The number of anilines is 1. The Kier molecular flexibility index (Phi) is 4.46. The van der Waals surface area contributed by atoms with E-state index in [9.17, 15) is 17.6 Å². The topological polar surface area (TPSA) is 37.8 Å². The van der Waals surface area contributed by atoms with E-state index in [2.05, 4.69) is 31.2 Å². The summed E-state index contributed by atoms with van der Waals surface area (Å²) in [5.74, 6) is -1.98. The van der Waals surface area contributed by atoms with Crippen LogP contribution in [-0.4, -0.2) is 16.5 Å². The third-order valence-corrected chi connectivity index (χ3v) is 3.04. The van der Waals surface area contributed by atoms with Crippen molar-refractivity contribution in [2.24, 2.45) is 0 Å². The van der Waals surface area contributed by atoms with Crippen LogP contribution in [0, 0.1) is 5.82 Å². The lowest BCUT2D eigenvalue weighted by Gasteiger charge is -2.11. The molecule has 0 saturated carbocycles. The van der Waals surface area contributed by atoms with E-state index in [-0.39, 0.29) is 17.1 Å². The quantitative estimate of drug-likeness (QED) is 0.816. The molecule has 0 aliphatic carbocycles. The standard InChI is InChI=1S/C13H10BrF4N3/c1-2-19-11-6-10(20-12(21-11)13(16,17)18)8-5-7(14)3-4-9(8)15/h3-6H,2H2,1H3,(H,19,20,21). The smallest absolute Gasteiger partial charge is 0.370 e. The lowest BCUT2D eigenvalue weighted by molar-refractivity contribution is -0.144. The Bertz CT molecular complexity index is 658. The van der Waals surface area contributed by atoms with E-state index in [0.717, 1.165) is 6.07 Å². The van der Waals surface area contributed by atoms with Crippen LogP contribution in [0.25, 0.3) is 11.3 Å². The maximum Gasteiger partial charge on any atom is 0.451 e. The molecule has 1 aromatic carbocycles. The fourth-order valence-corrected chi connectivity index (χ4v) is 2.04. The summed E-state index contributed by atoms with van der Waals surface area (Å²) in [7, 11) is 0. The summed E-state index contributed by atoms with van der Waals surface area (Å²) in [5.41, 5.74) is -0.163. The average molecular weight is 364 g/mol. The number of aromatic nitrogens is 2. The van der Waals surface area contributed by atoms with Crippen LogP contribution in [-0.2, 0) is 6.18 Å². The molecule has 0 atom stereocenters. The fraction of sp³-hybridized carbons (Fsp3) is 0.231. The molecule has 1 aromatic heterocycles. The Morgan fingerprint density at radius 2 is 1.90 bits per heavy atom. The molecule has 2 aromatic rings. The van der Waals surface area contributed by atoms with Crippen molar-refractivity contribution in [3.8, 4) is 11.3 Å². The van der Waals surface area contributed by atoms with Crippen LogP contribution in [0.3, 0.4) is 0 Å². The number of hydrogen-bond donors (Lipinski definition) is 1. The van der Waals surface area contributed by atoms with E-state index in [4.69, 9.17) is 0 Å². The van der Waals surface area contributed by atoms with Crippen molar-refractivity contribution in [2.45, 2.75) is 13.1 Å². The van der Waals surface area contributed by atoms with Crippen LogP contribution in [0.4, 0.5) is 23.4 Å². The number of halogens is 5. The Labute approximate surface area is 126 Å². The van der Waals surface area contributed by atoms with Gasteiger partial charge in [0.25, 0.3) is 0 Å². The molecule has 0 bridgehead atoms. The highest BCUT2D eigenvalue weighted by Gasteiger charge is 2.35. The molecule has 3 nitrogen and oxygen atoms in total. The van der Waals surface area contributed by atoms with Gasteiger partial charge in [-0.25, -0.2) is 14.4 Å². The number of nitrogens with one attached hydrogen (secondary N) is 1. The van der Waals surface area contributed by atoms with Gasteiger partial charge in [0.1, 0.15) is 11.6 Å². The van der Waals surface area contributed by atoms with Gasteiger partial charge in [-0.1, -0.05) is 15.9 Å². The van der Waals surface area contributed by atoms with Crippen LogP contribution in [0.5, 0.6) is 0 Å². The Morgan fingerprint density at radius 3 is 2.52 bits per heavy atom. The van der Waals surface area contributed by atoms with Crippen molar-refractivity contribution in [3.63, 3.8) is 0 Å². The fourth-order valence-electron chi connectivity index (χ4n) is 1.68. The first kappa shape index (κ1) is 15.7. The van der Waals surface area contributed by atoms with Gasteiger partial charge in [0.05, 0.1) is 5.69 Å². The summed E-state index contributed by atoms with van der Waals surface area (Å²) in [5, 5.41) is 2.68. The molecule has 0 amide bonds. The maximum atomic E-state index is 13.8. The number of benzene rings is 1. The summed E-state index contributed by atoms with van der Waals surface area (Å²) in [6, 6.07) is 5.26. The third kappa shape index (κ3) is 3.69. The van der Waals surface area contributed by atoms with Gasteiger partial charge in [-0.2, -0.15) is 13.2 Å². The highest BCUT2D eigenvalue weighted by molar-refractivity contribution is 9.10. The van der Waals surface area contributed by atoms with Crippen LogP contribution in [0.2, 0.25) is 0 Å². The SMILES string of the molecule is CCNc1cc(-c2cc(Br)ccc2F)nc(C(F)(F)F)n1. The molecular formula is C13H10BrF4N3. The van der Waals surface area contributed by atoms with Crippen molar-refractivity contribution in [1.29, 1.82) is 0 Å². The minimum absolute atomic E-state index is 0.00537. The Morgan fingerprint density at radius 1 is 1.19 bits per heavy atom. The Hall–Kier alpha value is -1.70.